The molecule has 0 aromatic heterocycles. The second-order valence-corrected chi connectivity index (χ2v) is 6.38. The van der Waals surface area contributed by atoms with Gasteiger partial charge in [0.25, 0.3) is 0 Å². The Hall–Kier alpha value is -1.09. The minimum absolute atomic E-state index is 0.0377. The maximum Gasteiger partial charge on any atom is 0.155 e. The van der Waals surface area contributed by atoms with Crippen LogP contribution >= 0.6 is 0 Å². The van der Waals surface area contributed by atoms with Gasteiger partial charge in [-0.15, -0.1) is 0 Å². The molecule has 0 atom stereocenters. The van der Waals surface area contributed by atoms with Crippen LogP contribution in [0.4, 0.5) is 0 Å². The van der Waals surface area contributed by atoms with Crippen LogP contribution in [-0.2, 0) is 11.0 Å². The smallest absolute Gasteiger partial charge is 0.155 e. The first kappa shape index (κ1) is 15.0. The van der Waals surface area contributed by atoms with E-state index in [4.69, 9.17) is 0 Å². The maximum atomic E-state index is 11.9. The highest BCUT2D eigenvalue weighted by molar-refractivity contribution is 6.24. The first-order chi connectivity index (χ1) is 8.05. The van der Waals surface area contributed by atoms with Crippen molar-refractivity contribution < 1.29 is 9.90 Å². The fraction of sp³-hybridized carbons (Fsp3) is 0.533. The number of benzene rings is 1. The van der Waals surface area contributed by atoms with Crippen LogP contribution in [0.3, 0.4) is 0 Å². The summed E-state index contributed by atoms with van der Waals surface area (Å²) in [4.78, 5) is 11.9. The zero-order valence-electron chi connectivity index (χ0n) is 12.3. The number of aliphatic hydroxyl groups is 1. The van der Waals surface area contributed by atoms with Gasteiger partial charge in [0.2, 0.25) is 0 Å². The highest BCUT2D eigenvalue weighted by Crippen LogP contribution is 2.29. The number of ketones is 1. The van der Waals surface area contributed by atoms with E-state index in [2.05, 4.69) is 20.8 Å². The van der Waals surface area contributed by atoms with Crippen molar-refractivity contribution in [3.8, 4) is 0 Å². The van der Waals surface area contributed by atoms with Gasteiger partial charge in [0.15, 0.2) is 5.78 Å². The average Bonchev–Trinajstić information content (AvgIpc) is 2.25. The maximum absolute atomic E-state index is 11.9. The minimum Gasteiger partial charge on any atom is -0.386 e. The van der Waals surface area contributed by atoms with Crippen molar-refractivity contribution in [3.05, 3.63) is 34.9 Å². The molecule has 0 radical (unpaired) electrons. The van der Waals surface area contributed by atoms with Crippen LogP contribution in [0.5, 0.6) is 0 Å². The number of Topliss-reactive ketones (excluding diaryl/α,β-unsaturated/α-hetero) is 1. The van der Waals surface area contributed by atoms with E-state index < -0.39 is 5.60 Å². The van der Waals surface area contributed by atoms with Gasteiger partial charge in [0.1, 0.15) is 7.85 Å². The van der Waals surface area contributed by atoms with E-state index in [0.29, 0.717) is 11.9 Å². The molecular formula is C15H23BO2. The fourth-order valence-corrected chi connectivity index (χ4v) is 1.78. The van der Waals surface area contributed by atoms with Gasteiger partial charge >= 0.3 is 0 Å². The Morgan fingerprint density at radius 1 is 1.11 bits per heavy atom. The summed E-state index contributed by atoms with van der Waals surface area (Å²) in [6, 6.07) is 5.74. The van der Waals surface area contributed by atoms with Crippen LogP contribution in [0.1, 0.15) is 56.1 Å². The molecule has 18 heavy (non-hydrogen) atoms. The standard InChI is InChI=1S/C15H23BO2/c1-14(2,3)11-6-10(13(17)9-16)7-12(8-11)15(4,5)18/h6-8,18H,9,16H2,1-5H3. The fourth-order valence-electron chi connectivity index (χ4n) is 1.78. The van der Waals surface area contributed by atoms with Crippen molar-refractivity contribution in [2.24, 2.45) is 0 Å². The first-order valence-corrected chi connectivity index (χ1v) is 6.47. The van der Waals surface area contributed by atoms with Crippen molar-refractivity contribution in [2.45, 2.75) is 52.0 Å². The molecule has 0 aliphatic heterocycles. The van der Waals surface area contributed by atoms with Crippen molar-refractivity contribution in [1.29, 1.82) is 0 Å². The van der Waals surface area contributed by atoms with Gasteiger partial charge in [-0.25, -0.2) is 0 Å². The SMILES string of the molecule is BCC(=O)c1cc(C(C)(C)C)cc(C(C)(C)O)c1. The molecule has 0 aliphatic carbocycles. The third-order valence-electron chi connectivity index (χ3n) is 3.15. The van der Waals surface area contributed by atoms with E-state index in [9.17, 15) is 9.90 Å². The molecule has 0 heterocycles. The predicted octanol–water partition coefficient (Wildman–Crippen LogP) is 2.45. The number of hydrogen-bond acceptors (Lipinski definition) is 2. The lowest BCUT2D eigenvalue weighted by atomic mass is 9.81. The minimum atomic E-state index is -0.927. The van der Waals surface area contributed by atoms with Crippen molar-refractivity contribution >= 4 is 13.6 Å². The molecule has 0 amide bonds. The van der Waals surface area contributed by atoms with E-state index in [1.807, 2.05) is 20.0 Å². The Morgan fingerprint density at radius 3 is 2.00 bits per heavy atom. The van der Waals surface area contributed by atoms with Gasteiger partial charge in [-0.05, 0) is 48.8 Å². The van der Waals surface area contributed by atoms with Gasteiger partial charge < -0.3 is 5.11 Å². The largest absolute Gasteiger partial charge is 0.386 e. The summed E-state index contributed by atoms with van der Waals surface area (Å²) in [5.41, 5.74) is 1.61. The summed E-state index contributed by atoms with van der Waals surface area (Å²) in [6.45, 7) is 9.81. The number of carbonyl (C=O) groups excluding carboxylic acids is 1. The number of hydrogen-bond donors (Lipinski definition) is 1. The van der Waals surface area contributed by atoms with Gasteiger partial charge in [0.05, 0.1) is 5.60 Å². The topological polar surface area (TPSA) is 37.3 Å². The van der Waals surface area contributed by atoms with Crippen LogP contribution < -0.4 is 0 Å². The van der Waals surface area contributed by atoms with E-state index in [-0.39, 0.29) is 11.2 Å². The summed E-state index contributed by atoms with van der Waals surface area (Å²) in [6.07, 6.45) is 0.485. The Kier molecular flexibility index (Phi) is 4.07. The summed E-state index contributed by atoms with van der Waals surface area (Å²) >= 11 is 0. The molecule has 0 saturated heterocycles. The van der Waals surface area contributed by atoms with Crippen LogP contribution in [0.25, 0.3) is 0 Å². The zero-order chi connectivity index (χ0) is 14.1. The molecule has 1 aromatic carbocycles. The van der Waals surface area contributed by atoms with Gasteiger partial charge in [-0.2, -0.15) is 0 Å². The second-order valence-electron chi connectivity index (χ2n) is 6.38. The molecule has 1 N–H and O–H groups in total. The highest BCUT2D eigenvalue weighted by atomic mass is 16.3. The third-order valence-corrected chi connectivity index (χ3v) is 3.15. The van der Waals surface area contributed by atoms with Gasteiger partial charge in [-0.3, -0.25) is 4.79 Å². The lowest BCUT2D eigenvalue weighted by molar-refractivity contribution is 0.0783. The molecule has 0 bridgehead atoms. The van der Waals surface area contributed by atoms with Crippen LogP contribution in [0.15, 0.2) is 18.2 Å². The molecular weight excluding hydrogens is 223 g/mol. The predicted molar refractivity (Wildman–Crippen MR) is 78.1 cm³/mol. The van der Waals surface area contributed by atoms with Crippen LogP contribution in [0, 0.1) is 0 Å². The summed E-state index contributed by atoms with van der Waals surface area (Å²) in [5.74, 6) is 0.117. The summed E-state index contributed by atoms with van der Waals surface area (Å²) in [5, 5.41) is 10.1. The molecule has 0 aliphatic rings. The molecule has 0 unspecified atom stereocenters. The van der Waals surface area contributed by atoms with Crippen molar-refractivity contribution in [1.82, 2.24) is 0 Å². The lowest BCUT2D eigenvalue weighted by Crippen LogP contribution is -2.20. The van der Waals surface area contributed by atoms with Crippen molar-refractivity contribution in [3.63, 3.8) is 0 Å². The van der Waals surface area contributed by atoms with E-state index in [1.165, 1.54) is 0 Å². The first-order valence-electron chi connectivity index (χ1n) is 6.47. The van der Waals surface area contributed by atoms with Crippen LogP contribution in [-0.4, -0.2) is 18.7 Å². The molecule has 98 valence electrons. The van der Waals surface area contributed by atoms with Crippen LogP contribution in [0.2, 0.25) is 6.32 Å². The lowest BCUT2D eigenvalue weighted by Gasteiger charge is -2.25. The van der Waals surface area contributed by atoms with Gasteiger partial charge in [-0.1, -0.05) is 26.8 Å². The molecule has 0 spiro atoms. The second kappa shape index (κ2) is 4.89. The Balaban J connectivity index is 3.44. The zero-order valence-corrected chi connectivity index (χ0v) is 12.3. The molecule has 2 nitrogen and oxygen atoms in total. The third kappa shape index (κ3) is 3.45. The molecule has 3 heteroatoms. The van der Waals surface area contributed by atoms with Crippen molar-refractivity contribution in [2.75, 3.05) is 0 Å². The summed E-state index contributed by atoms with van der Waals surface area (Å²) in [7, 11) is 1.86. The van der Waals surface area contributed by atoms with Gasteiger partial charge in [0, 0.05) is 5.56 Å². The summed E-state index contributed by atoms with van der Waals surface area (Å²) < 4.78 is 0. The average molecular weight is 246 g/mol. The quantitative estimate of drug-likeness (QED) is 0.657. The van der Waals surface area contributed by atoms with E-state index in [1.54, 1.807) is 19.9 Å². The number of carbonyl (C=O) groups is 1. The molecule has 1 rings (SSSR count). The molecule has 0 fully saturated rings. The normalized spacial score (nSPS) is 12.6. The highest BCUT2D eigenvalue weighted by Gasteiger charge is 2.22. The molecule has 1 aromatic rings. The van der Waals surface area contributed by atoms with E-state index in [0.717, 1.165) is 11.1 Å². The van der Waals surface area contributed by atoms with E-state index >= 15 is 0 Å². The Labute approximate surface area is 111 Å². The Morgan fingerprint density at radius 2 is 1.61 bits per heavy atom. The Bertz CT molecular complexity index is 418. The monoisotopic (exact) mass is 246 g/mol. The number of rotatable bonds is 3. The molecule has 0 saturated carbocycles.